The van der Waals surface area contributed by atoms with E-state index in [2.05, 4.69) is 50.5 Å². The molecular weight excluding hydrogens is 314 g/mol. The number of anilines is 1. The zero-order valence-electron chi connectivity index (χ0n) is 14.5. The Labute approximate surface area is 147 Å². The molecule has 1 aromatic carbocycles. The van der Waals surface area contributed by atoms with E-state index in [9.17, 15) is 0 Å². The van der Waals surface area contributed by atoms with Gasteiger partial charge in [-0.2, -0.15) is 4.52 Å². The summed E-state index contributed by atoms with van der Waals surface area (Å²) < 4.78 is 7.87. The molecular formula is C19H23N5O. The minimum Gasteiger partial charge on any atom is -0.376 e. The Morgan fingerprint density at radius 2 is 2.00 bits per heavy atom. The summed E-state index contributed by atoms with van der Waals surface area (Å²) in [7, 11) is 0. The average molecular weight is 337 g/mol. The number of hydrogen-bond donors (Lipinski definition) is 0. The first kappa shape index (κ1) is 16.0. The van der Waals surface area contributed by atoms with Crippen LogP contribution in [0.15, 0.2) is 42.5 Å². The van der Waals surface area contributed by atoms with E-state index in [1.807, 2.05) is 19.1 Å². The second-order valence-corrected chi connectivity index (χ2v) is 6.53. The molecule has 0 amide bonds. The third-order valence-electron chi connectivity index (χ3n) is 4.68. The number of aromatic nitrogens is 4. The molecule has 0 bridgehead atoms. The van der Waals surface area contributed by atoms with Crippen LogP contribution >= 0.6 is 0 Å². The van der Waals surface area contributed by atoms with Crippen LogP contribution in [0.25, 0.3) is 5.65 Å². The molecule has 2 aromatic heterocycles. The lowest BCUT2D eigenvalue weighted by molar-refractivity contribution is 0.0666. The number of aryl methyl sites for hydroxylation is 2. The van der Waals surface area contributed by atoms with Crippen LogP contribution in [-0.2, 0) is 11.2 Å². The minimum atomic E-state index is 0.287. The first-order chi connectivity index (χ1) is 12.3. The van der Waals surface area contributed by atoms with Gasteiger partial charge in [-0.25, -0.2) is 0 Å². The van der Waals surface area contributed by atoms with E-state index >= 15 is 0 Å². The Bertz CT molecular complexity index is 832. The van der Waals surface area contributed by atoms with Crippen LogP contribution in [0.4, 0.5) is 5.82 Å². The third kappa shape index (κ3) is 3.64. The fourth-order valence-electron chi connectivity index (χ4n) is 3.30. The molecule has 1 aliphatic heterocycles. The van der Waals surface area contributed by atoms with E-state index < -0.39 is 0 Å². The van der Waals surface area contributed by atoms with Gasteiger partial charge in [-0.3, -0.25) is 0 Å². The second kappa shape index (κ2) is 7.19. The van der Waals surface area contributed by atoms with Gasteiger partial charge in [-0.1, -0.05) is 30.3 Å². The van der Waals surface area contributed by atoms with Crippen molar-refractivity contribution in [1.29, 1.82) is 0 Å². The zero-order chi connectivity index (χ0) is 17.1. The van der Waals surface area contributed by atoms with E-state index in [4.69, 9.17) is 4.74 Å². The van der Waals surface area contributed by atoms with Gasteiger partial charge >= 0.3 is 0 Å². The molecule has 0 radical (unpaired) electrons. The first-order valence-electron chi connectivity index (χ1n) is 8.89. The van der Waals surface area contributed by atoms with E-state index in [0.29, 0.717) is 0 Å². The summed E-state index contributed by atoms with van der Waals surface area (Å²) in [5.74, 6) is 1.77. The Morgan fingerprint density at radius 3 is 2.88 bits per heavy atom. The smallest absolute Gasteiger partial charge is 0.178 e. The molecule has 6 nitrogen and oxygen atoms in total. The normalized spacial score (nSPS) is 17.5. The van der Waals surface area contributed by atoms with Gasteiger partial charge < -0.3 is 9.64 Å². The predicted octanol–water partition coefficient (Wildman–Crippen LogP) is 2.66. The van der Waals surface area contributed by atoms with Crippen molar-refractivity contribution in [2.45, 2.75) is 32.3 Å². The van der Waals surface area contributed by atoms with E-state index in [0.717, 1.165) is 56.2 Å². The molecule has 1 saturated heterocycles. The van der Waals surface area contributed by atoms with Crippen LogP contribution in [0.3, 0.4) is 0 Å². The third-order valence-corrected chi connectivity index (χ3v) is 4.68. The molecule has 3 heterocycles. The zero-order valence-corrected chi connectivity index (χ0v) is 14.5. The van der Waals surface area contributed by atoms with Gasteiger partial charge in [0, 0.05) is 19.7 Å². The van der Waals surface area contributed by atoms with Crippen molar-refractivity contribution in [2.75, 3.05) is 24.6 Å². The molecule has 1 unspecified atom stereocenters. The van der Waals surface area contributed by atoms with Crippen molar-refractivity contribution in [3.05, 3.63) is 53.9 Å². The second-order valence-electron chi connectivity index (χ2n) is 6.53. The average Bonchev–Trinajstić information content (AvgIpc) is 3.27. The maximum absolute atomic E-state index is 6.07. The van der Waals surface area contributed by atoms with Gasteiger partial charge in [0.2, 0.25) is 0 Å². The summed E-state index contributed by atoms with van der Waals surface area (Å²) in [5.41, 5.74) is 2.16. The SMILES string of the molecule is Cc1nnc2ccc(N3CCC(OCCCc4ccccc4)C3)nn12. The van der Waals surface area contributed by atoms with Crippen molar-refractivity contribution >= 4 is 11.5 Å². The van der Waals surface area contributed by atoms with Gasteiger partial charge in [0.05, 0.1) is 6.10 Å². The highest BCUT2D eigenvalue weighted by Gasteiger charge is 2.24. The van der Waals surface area contributed by atoms with Crippen LogP contribution < -0.4 is 4.90 Å². The molecule has 0 aliphatic carbocycles. The van der Waals surface area contributed by atoms with Crippen LogP contribution in [0.5, 0.6) is 0 Å². The minimum absolute atomic E-state index is 0.287. The maximum atomic E-state index is 6.07. The first-order valence-corrected chi connectivity index (χ1v) is 8.89. The van der Waals surface area contributed by atoms with Crippen LogP contribution in [0.1, 0.15) is 24.2 Å². The summed E-state index contributed by atoms with van der Waals surface area (Å²) in [4.78, 5) is 2.28. The highest BCUT2D eigenvalue weighted by Crippen LogP contribution is 2.20. The van der Waals surface area contributed by atoms with Crippen molar-refractivity contribution in [3.63, 3.8) is 0 Å². The van der Waals surface area contributed by atoms with E-state index in [1.54, 1.807) is 4.52 Å². The summed E-state index contributed by atoms with van der Waals surface area (Å²) in [6.07, 6.45) is 3.47. The van der Waals surface area contributed by atoms with Gasteiger partial charge in [-0.15, -0.1) is 15.3 Å². The molecule has 0 saturated carbocycles. The molecule has 1 atom stereocenters. The van der Waals surface area contributed by atoms with Gasteiger partial charge in [0.25, 0.3) is 0 Å². The molecule has 1 fully saturated rings. The summed E-state index contributed by atoms with van der Waals surface area (Å²) in [5, 5.41) is 12.8. The highest BCUT2D eigenvalue weighted by molar-refractivity contribution is 5.46. The lowest BCUT2D eigenvalue weighted by Gasteiger charge is -2.17. The summed E-state index contributed by atoms with van der Waals surface area (Å²) >= 11 is 0. The molecule has 0 N–H and O–H groups in total. The topological polar surface area (TPSA) is 55.5 Å². The molecule has 4 rings (SSSR count). The number of ether oxygens (including phenoxy) is 1. The van der Waals surface area contributed by atoms with E-state index in [1.165, 1.54) is 5.56 Å². The molecule has 6 heteroatoms. The lowest BCUT2D eigenvalue weighted by Crippen LogP contribution is -2.24. The maximum Gasteiger partial charge on any atom is 0.178 e. The van der Waals surface area contributed by atoms with Crippen molar-refractivity contribution in [1.82, 2.24) is 19.8 Å². The van der Waals surface area contributed by atoms with Gasteiger partial charge in [-0.05, 0) is 43.9 Å². The highest BCUT2D eigenvalue weighted by atomic mass is 16.5. The molecule has 1 aliphatic rings. The Kier molecular flexibility index (Phi) is 4.61. The van der Waals surface area contributed by atoms with Crippen LogP contribution in [0, 0.1) is 6.92 Å². The molecule has 3 aromatic rings. The molecule has 25 heavy (non-hydrogen) atoms. The van der Waals surface area contributed by atoms with Crippen LogP contribution in [-0.4, -0.2) is 45.6 Å². The number of nitrogens with zero attached hydrogens (tertiary/aromatic N) is 5. The number of fused-ring (bicyclic) bond motifs is 1. The predicted molar refractivity (Wildman–Crippen MR) is 96.9 cm³/mol. The van der Waals surface area contributed by atoms with E-state index in [-0.39, 0.29) is 6.10 Å². The molecule has 0 spiro atoms. The van der Waals surface area contributed by atoms with Gasteiger partial charge in [0.1, 0.15) is 5.82 Å². The van der Waals surface area contributed by atoms with Crippen molar-refractivity contribution < 1.29 is 4.74 Å². The van der Waals surface area contributed by atoms with Gasteiger partial charge in [0.15, 0.2) is 11.5 Å². The molecule has 130 valence electrons. The summed E-state index contributed by atoms with van der Waals surface area (Å²) in [6.45, 7) is 4.60. The number of hydrogen-bond acceptors (Lipinski definition) is 5. The van der Waals surface area contributed by atoms with Crippen molar-refractivity contribution in [3.8, 4) is 0 Å². The standard InChI is InChI=1S/C19H23N5O/c1-15-20-21-18-9-10-19(22-24(15)18)23-12-11-17(14-23)25-13-5-8-16-6-3-2-4-7-16/h2-4,6-7,9-10,17H,5,8,11-14H2,1H3. The Morgan fingerprint density at radius 1 is 1.12 bits per heavy atom. The monoisotopic (exact) mass is 337 g/mol. The Balaban J connectivity index is 1.28. The quantitative estimate of drug-likeness (QED) is 0.647. The Hall–Kier alpha value is -2.47. The fraction of sp³-hybridized carbons (Fsp3) is 0.421. The largest absolute Gasteiger partial charge is 0.376 e. The lowest BCUT2D eigenvalue weighted by atomic mass is 10.1. The fourth-order valence-corrected chi connectivity index (χ4v) is 3.30. The number of rotatable bonds is 6. The number of benzene rings is 1. The van der Waals surface area contributed by atoms with Crippen molar-refractivity contribution in [2.24, 2.45) is 0 Å². The summed E-state index contributed by atoms with van der Waals surface area (Å²) in [6, 6.07) is 14.6. The van der Waals surface area contributed by atoms with Crippen LogP contribution in [0.2, 0.25) is 0 Å².